The lowest BCUT2D eigenvalue weighted by Gasteiger charge is -2.21. The van der Waals surface area contributed by atoms with Gasteiger partial charge in [-0.25, -0.2) is 9.37 Å². The molecule has 0 fully saturated rings. The molecule has 0 bridgehead atoms. The molecule has 7 heteroatoms. The van der Waals surface area contributed by atoms with Gasteiger partial charge in [-0.3, -0.25) is 0 Å². The monoisotopic (exact) mass is 388 g/mol. The van der Waals surface area contributed by atoms with E-state index in [1.165, 1.54) is 18.3 Å². The first-order valence-electron chi connectivity index (χ1n) is 8.26. The van der Waals surface area contributed by atoms with Crippen LogP contribution >= 0.6 is 11.6 Å². The number of benzene rings is 1. The maximum Gasteiger partial charge on any atom is 0.169 e. The highest BCUT2D eigenvalue weighted by Crippen LogP contribution is 2.34. The van der Waals surface area contributed by atoms with Crippen LogP contribution in [0.1, 0.15) is 5.56 Å². The first-order valence-corrected chi connectivity index (χ1v) is 8.64. The van der Waals surface area contributed by atoms with Gasteiger partial charge in [0.05, 0.1) is 12.2 Å². The van der Waals surface area contributed by atoms with Crippen molar-refractivity contribution < 1.29 is 9.13 Å². The zero-order chi connectivity index (χ0) is 19.8. The number of nitrogens with zero attached hydrogens (tertiary/aromatic N) is 1. The number of rotatable bonds is 3. The summed E-state index contributed by atoms with van der Waals surface area (Å²) in [4.78, 5) is 4.41. The van der Waals surface area contributed by atoms with Crippen molar-refractivity contribution in [3.63, 3.8) is 0 Å². The van der Waals surface area contributed by atoms with E-state index in [1.54, 1.807) is 30.4 Å². The summed E-state index contributed by atoms with van der Waals surface area (Å²) in [5.41, 5.74) is 12.8. The Hall–Kier alpha value is -2.99. The number of fused-ring (bicyclic) bond motifs is 1. The van der Waals surface area contributed by atoms with Gasteiger partial charge >= 0.3 is 0 Å². The highest BCUT2D eigenvalue weighted by atomic mass is 35.5. The number of ether oxygens (including phenoxy) is 1. The fourth-order valence-electron chi connectivity index (χ4n) is 2.42. The lowest BCUT2D eigenvalue weighted by atomic mass is 10.1. The summed E-state index contributed by atoms with van der Waals surface area (Å²) in [5.74, 6) is 1.05. The molecule has 1 aromatic carbocycles. The molecule has 5 N–H and O–H groups in total. The van der Waals surface area contributed by atoms with E-state index in [-0.39, 0.29) is 5.82 Å². The lowest BCUT2D eigenvalue weighted by molar-refractivity contribution is 0.319. The van der Waals surface area contributed by atoms with E-state index in [9.17, 15) is 4.39 Å². The van der Waals surface area contributed by atoms with Gasteiger partial charge in [0, 0.05) is 16.3 Å². The van der Waals surface area contributed by atoms with E-state index in [2.05, 4.69) is 16.9 Å². The molecule has 5 nitrogen and oxygen atoms in total. The molecule has 0 spiro atoms. The number of allylic oxidation sites excluding steroid dienone is 3. The first-order chi connectivity index (χ1) is 13.0. The molecule has 0 unspecified atom stereocenters. The van der Waals surface area contributed by atoms with Gasteiger partial charge in [0.2, 0.25) is 0 Å². The zero-order valence-corrected chi connectivity index (χ0v) is 15.8. The van der Waals surface area contributed by atoms with Crippen LogP contribution in [0.2, 0.25) is 5.02 Å². The van der Waals surface area contributed by atoms with Crippen molar-refractivity contribution in [2.75, 3.05) is 18.5 Å². The van der Waals surface area contributed by atoms with E-state index < -0.39 is 0 Å². The Morgan fingerprint density at radius 2 is 2.19 bits per heavy atom. The SMILES string of the molecule is C=C/C=C(N)\C=C/N.Cc1cc(-c2cc(Cl)ccc2F)nc2c1OCCN2. The normalized spacial score (nSPS) is 13.1. The molecule has 3 rings (SSSR count). The Labute approximate surface area is 163 Å². The molecule has 142 valence electrons. The maximum absolute atomic E-state index is 13.9. The number of nitrogens with two attached hydrogens (primary N) is 2. The number of aryl methyl sites for hydroxylation is 1. The average Bonchev–Trinajstić information content (AvgIpc) is 2.65. The van der Waals surface area contributed by atoms with Crippen molar-refractivity contribution in [1.29, 1.82) is 0 Å². The molecule has 0 aliphatic carbocycles. The van der Waals surface area contributed by atoms with Crippen LogP contribution in [0.25, 0.3) is 11.3 Å². The fourth-order valence-corrected chi connectivity index (χ4v) is 2.59. The highest BCUT2D eigenvalue weighted by molar-refractivity contribution is 6.30. The van der Waals surface area contributed by atoms with Crippen LogP contribution in [0, 0.1) is 12.7 Å². The molecule has 0 atom stereocenters. The van der Waals surface area contributed by atoms with Gasteiger partial charge in [-0.05, 0) is 55.1 Å². The van der Waals surface area contributed by atoms with Gasteiger partial charge in [0.1, 0.15) is 12.4 Å². The van der Waals surface area contributed by atoms with Crippen LogP contribution in [0.15, 0.2) is 61.0 Å². The van der Waals surface area contributed by atoms with Gasteiger partial charge in [-0.1, -0.05) is 24.3 Å². The third-order valence-electron chi connectivity index (χ3n) is 3.60. The van der Waals surface area contributed by atoms with Crippen LogP contribution in [-0.2, 0) is 0 Å². The molecular formula is C20H22ClFN4O. The van der Waals surface area contributed by atoms with Crippen LogP contribution in [0.5, 0.6) is 5.75 Å². The second kappa shape index (κ2) is 9.64. The van der Waals surface area contributed by atoms with Gasteiger partial charge in [-0.15, -0.1) is 0 Å². The number of pyridine rings is 1. The number of nitrogens with one attached hydrogen (secondary N) is 1. The topological polar surface area (TPSA) is 86.2 Å². The Balaban J connectivity index is 0.000000279. The number of hydrogen-bond donors (Lipinski definition) is 3. The Morgan fingerprint density at radius 3 is 2.89 bits per heavy atom. The van der Waals surface area contributed by atoms with Crippen molar-refractivity contribution in [1.82, 2.24) is 4.98 Å². The van der Waals surface area contributed by atoms with Crippen molar-refractivity contribution in [2.24, 2.45) is 11.5 Å². The minimum absolute atomic E-state index is 0.340. The predicted molar refractivity (Wildman–Crippen MR) is 109 cm³/mol. The quantitative estimate of drug-likeness (QED) is 0.688. The minimum atomic E-state index is -0.340. The van der Waals surface area contributed by atoms with Crippen molar-refractivity contribution >= 4 is 17.4 Å². The summed E-state index contributed by atoms with van der Waals surface area (Å²) in [7, 11) is 0. The summed E-state index contributed by atoms with van der Waals surface area (Å²) >= 11 is 5.92. The Morgan fingerprint density at radius 1 is 1.41 bits per heavy atom. The number of halogens is 2. The van der Waals surface area contributed by atoms with Gasteiger partial charge in [0.15, 0.2) is 11.6 Å². The third-order valence-corrected chi connectivity index (χ3v) is 3.84. The summed E-state index contributed by atoms with van der Waals surface area (Å²) in [6.45, 7) is 6.67. The second-order valence-corrected chi connectivity index (χ2v) is 6.10. The molecule has 0 radical (unpaired) electrons. The van der Waals surface area contributed by atoms with Gasteiger partial charge in [-0.2, -0.15) is 0 Å². The smallest absolute Gasteiger partial charge is 0.169 e. The zero-order valence-electron chi connectivity index (χ0n) is 15.0. The Bertz CT molecular complexity index is 881. The molecular weight excluding hydrogens is 367 g/mol. The molecule has 27 heavy (non-hydrogen) atoms. The van der Waals surface area contributed by atoms with Crippen LogP contribution in [-0.4, -0.2) is 18.1 Å². The van der Waals surface area contributed by atoms with Gasteiger partial charge < -0.3 is 21.5 Å². The molecule has 1 aromatic heterocycles. The maximum atomic E-state index is 13.9. The number of anilines is 1. The molecule has 1 aliphatic rings. The summed E-state index contributed by atoms with van der Waals surface area (Å²) < 4.78 is 19.4. The largest absolute Gasteiger partial charge is 0.488 e. The minimum Gasteiger partial charge on any atom is -0.488 e. The first kappa shape index (κ1) is 20.3. The van der Waals surface area contributed by atoms with E-state index in [1.807, 2.05) is 6.92 Å². The van der Waals surface area contributed by atoms with Gasteiger partial charge in [0.25, 0.3) is 0 Å². The fraction of sp³-hybridized carbons (Fsp3) is 0.150. The van der Waals surface area contributed by atoms with Crippen molar-refractivity contribution in [3.05, 3.63) is 77.4 Å². The molecule has 1 aliphatic heterocycles. The van der Waals surface area contributed by atoms with E-state index in [0.29, 0.717) is 40.9 Å². The second-order valence-electron chi connectivity index (χ2n) is 5.66. The lowest BCUT2D eigenvalue weighted by Crippen LogP contribution is -2.20. The molecule has 2 aromatic rings. The summed E-state index contributed by atoms with van der Waals surface area (Å²) in [6.07, 6.45) is 6.26. The van der Waals surface area contributed by atoms with Crippen molar-refractivity contribution in [2.45, 2.75) is 6.92 Å². The molecule has 2 heterocycles. The predicted octanol–water partition coefficient (Wildman–Crippen LogP) is 4.14. The molecule has 0 amide bonds. The van der Waals surface area contributed by atoms with Crippen LogP contribution in [0.3, 0.4) is 0 Å². The number of aromatic nitrogens is 1. The summed E-state index contributed by atoms with van der Waals surface area (Å²) in [6, 6.07) is 6.25. The average molecular weight is 389 g/mol. The van der Waals surface area contributed by atoms with Crippen LogP contribution < -0.4 is 21.5 Å². The standard InChI is InChI=1S/C14H12ClFN2O.C6H10N2/c1-8-6-12(10-7-9(15)2-3-11(10)16)18-14-13(8)19-5-4-17-14;1-2-3-6(8)4-5-7/h2-3,6-7H,4-5H2,1H3,(H,17,18);2-5H,1,7-8H2/b;5-4-,6-3+. The summed E-state index contributed by atoms with van der Waals surface area (Å²) in [5, 5.41) is 3.64. The molecule has 0 saturated carbocycles. The van der Waals surface area contributed by atoms with E-state index in [4.69, 9.17) is 27.8 Å². The van der Waals surface area contributed by atoms with Crippen molar-refractivity contribution in [3.8, 4) is 17.0 Å². The van der Waals surface area contributed by atoms with E-state index in [0.717, 1.165) is 11.3 Å². The number of hydrogen-bond acceptors (Lipinski definition) is 5. The third kappa shape index (κ3) is 5.49. The Kier molecular flexibility index (Phi) is 7.25. The van der Waals surface area contributed by atoms with Crippen LogP contribution in [0.4, 0.5) is 10.2 Å². The highest BCUT2D eigenvalue weighted by Gasteiger charge is 2.17. The van der Waals surface area contributed by atoms with E-state index >= 15 is 0 Å². The molecule has 0 saturated heterocycles.